The first-order chi connectivity index (χ1) is 11.8. The second-order valence-corrected chi connectivity index (χ2v) is 9.91. The summed E-state index contributed by atoms with van der Waals surface area (Å²) in [5.74, 6) is 0. The molecule has 3 aromatic rings. The third-order valence-electron chi connectivity index (χ3n) is 3.34. The fourth-order valence-electron chi connectivity index (χ4n) is 2.21. The number of benzene rings is 1. The smallest absolute Gasteiger partial charge is 0.263 e. The van der Waals surface area contributed by atoms with Gasteiger partial charge in [0.2, 0.25) is 0 Å². The summed E-state index contributed by atoms with van der Waals surface area (Å²) in [6.07, 6.45) is 1.58. The molecule has 3 rings (SSSR count). The predicted octanol–water partition coefficient (Wildman–Crippen LogP) is 4.10. The van der Waals surface area contributed by atoms with Crippen LogP contribution in [0.25, 0.3) is 0 Å². The second kappa shape index (κ2) is 6.99. The number of thiophene rings is 1. The van der Waals surface area contributed by atoms with E-state index in [-0.39, 0.29) is 4.90 Å². The summed E-state index contributed by atoms with van der Waals surface area (Å²) in [6.45, 7) is 3.67. The molecule has 0 amide bonds. The van der Waals surface area contributed by atoms with Gasteiger partial charge >= 0.3 is 0 Å². The maximum atomic E-state index is 12.8. The first-order valence-corrected chi connectivity index (χ1v) is 10.7. The van der Waals surface area contributed by atoms with E-state index in [0.717, 1.165) is 9.75 Å². The summed E-state index contributed by atoms with van der Waals surface area (Å²) in [5.41, 5.74) is 0.406. The van der Waals surface area contributed by atoms with Crippen LogP contribution in [-0.2, 0) is 17.1 Å². The minimum atomic E-state index is -3.71. The molecule has 0 saturated carbocycles. The summed E-state index contributed by atoms with van der Waals surface area (Å²) in [7, 11) is -1.89. The Morgan fingerprint density at radius 2 is 2.04 bits per heavy atom. The molecule has 0 bridgehead atoms. The number of anilines is 1. The Morgan fingerprint density at radius 3 is 2.64 bits per heavy atom. The van der Waals surface area contributed by atoms with Crippen LogP contribution in [0.15, 0.2) is 45.5 Å². The molecule has 0 radical (unpaired) electrons. The van der Waals surface area contributed by atoms with E-state index >= 15 is 0 Å². The summed E-state index contributed by atoms with van der Waals surface area (Å²) in [4.78, 5) is 2.66. The summed E-state index contributed by atoms with van der Waals surface area (Å²) < 4.78 is 30.0. The van der Waals surface area contributed by atoms with Crippen LogP contribution in [0.5, 0.6) is 0 Å². The molecule has 0 saturated heterocycles. The van der Waals surface area contributed by atoms with E-state index in [1.165, 1.54) is 23.1 Å². The highest BCUT2D eigenvalue weighted by Crippen LogP contribution is 2.36. The van der Waals surface area contributed by atoms with E-state index < -0.39 is 10.0 Å². The van der Waals surface area contributed by atoms with Crippen molar-refractivity contribution in [3.8, 4) is 0 Å². The fourth-order valence-corrected chi connectivity index (χ4v) is 5.90. The Hall–Kier alpha value is -1.55. The molecule has 132 valence electrons. The maximum absolute atomic E-state index is 12.8. The van der Waals surface area contributed by atoms with E-state index in [4.69, 9.17) is 11.6 Å². The Labute approximate surface area is 159 Å². The van der Waals surface area contributed by atoms with E-state index in [2.05, 4.69) is 14.9 Å². The number of hydrogen-bond donors (Lipinski definition) is 1. The standard InChI is InChI=1S/C15H15ClN4O2S3/c1-9-6-14(10(2)23-9)25(21,22)19-12-7-11(16)4-5-13(12)24-15-18-17-8-20(15)3/h4-8,19H,1-3H3. The monoisotopic (exact) mass is 414 g/mol. The minimum absolute atomic E-state index is 0.282. The van der Waals surface area contributed by atoms with E-state index in [0.29, 0.717) is 20.8 Å². The number of aromatic nitrogens is 3. The highest BCUT2D eigenvalue weighted by atomic mass is 35.5. The lowest BCUT2D eigenvalue weighted by Gasteiger charge is -2.12. The van der Waals surface area contributed by atoms with E-state index in [9.17, 15) is 8.42 Å². The lowest BCUT2D eigenvalue weighted by molar-refractivity contribution is 0.601. The van der Waals surface area contributed by atoms with Gasteiger partial charge < -0.3 is 4.57 Å². The molecule has 0 fully saturated rings. The molecule has 2 aromatic heterocycles. The van der Waals surface area contributed by atoms with Crippen LogP contribution in [-0.4, -0.2) is 23.2 Å². The molecular weight excluding hydrogens is 400 g/mol. The van der Waals surface area contributed by atoms with Crippen LogP contribution in [0.2, 0.25) is 5.02 Å². The van der Waals surface area contributed by atoms with Gasteiger partial charge in [-0.05, 0) is 49.9 Å². The van der Waals surface area contributed by atoms with Crippen LogP contribution >= 0.6 is 34.7 Å². The van der Waals surface area contributed by atoms with Gasteiger partial charge in [0.25, 0.3) is 10.0 Å². The number of sulfonamides is 1. The summed E-state index contributed by atoms with van der Waals surface area (Å²) in [6, 6.07) is 6.72. The molecular formula is C15H15ClN4O2S3. The van der Waals surface area contributed by atoms with Gasteiger partial charge in [-0.1, -0.05) is 11.6 Å². The molecule has 6 nitrogen and oxygen atoms in total. The number of rotatable bonds is 5. The quantitative estimate of drug-likeness (QED) is 0.680. The zero-order chi connectivity index (χ0) is 18.2. The van der Waals surface area contributed by atoms with Gasteiger partial charge in [0, 0.05) is 26.7 Å². The normalized spacial score (nSPS) is 11.7. The van der Waals surface area contributed by atoms with Crippen LogP contribution < -0.4 is 4.72 Å². The highest BCUT2D eigenvalue weighted by molar-refractivity contribution is 7.99. The molecule has 25 heavy (non-hydrogen) atoms. The van der Waals surface area contributed by atoms with Gasteiger partial charge in [0.15, 0.2) is 5.16 Å². The molecule has 0 aliphatic carbocycles. The van der Waals surface area contributed by atoms with Crippen molar-refractivity contribution in [3.05, 3.63) is 45.4 Å². The highest BCUT2D eigenvalue weighted by Gasteiger charge is 2.21. The number of aryl methyl sites for hydroxylation is 3. The maximum Gasteiger partial charge on any atom is 0.263 e. The molecule has 0 aliphatic heterocycles. The van der Waals surface area contributed by atoms with Crippen LogP contribution in [0.3, 0.4) is 0 Å². The van der Waals surface area contributed by atoms with Crippen molar-refractivity contribution < 1.29 is 8.42 Å². The van der Waals surface area contributed by atoms with Gasteiger partial charge in [-0.25, -0.2) is 8.42 Å². The average Bonchev–Trinajstić information content (AvgIpc) is 3.07. The zero-order valence-electron chi connectivity index (χ0n) is 13.6. The Kier molecular flexibility index (Phi) is 5.10. The topological polar surface area (TPSA) is 76.9 Å². The van der Waals surface area contributed by atoms with Crippen LogP contribution in [0.1, 0.15) is 9.75 Å². The van der Waals surface area contributed by atoms with Gasteiger partial charge in [0.05, 0.1) is 5.69 Å². The third-order valence-corrected chi connectivity index (χ3v) is 7.29. The number of hydrogen-bond acceptors (Lipinski definition) is 6. The van der Waals surface area contributed by atoms with Crippen molar-refractivity contribution >= 4 is 50.4 Å². The van der Waals surface area contributed by atoms with Crippen LogP contribution in [0.4, 0.5) is 5.69 Å². The van der Waals surface area contributed by atoms with Gasteiger partial charge in [-0.3, -0.25) is 4.72 Å². The number of nitrogens with zero attached hydrogens (tertiary/aromatic N) is 3. The number of nitrogens with one attached hydrogen (secondary N) is 1. The largest absolute Gasteiger partial charge is 0.311 e. The first-order valence-electron chi connectivity index (χ1n) is 7.17. The molecule has 10 heteroatoms. The Bertz CT molecular complexity index is 1030. The number of halogens is 1. The van der Waals surface area contributed by atoms with Gasteiger partial charge in [0.1, 0.15) is 11.2 Å². The summed E-state index contributed by atoms with van der Waals surface area (Å²) >= 11 is 8.82. The molecule has 0 spiro atoms. The molecule has 2 heterocycles. The molecule has 1 N–H and O–H groups in total. The Balaban J connectivity index is 1.98. The van der Waals surface area contributed by atoms with E-state index in [1.807, 2.05) is 14.0 Å². The molecule has 1 aromatic carbocycles. The van der Waals surface area contributed by atoms with E-state index in [1.54, 1.807) is 42.1 Å². The predicted molar refractivity (Wildman–Crippen MR) is 101 cm³/mol. The van der Waals surface area contributed by atoms with Crippen molar-refractivity contribution in [1.82, 2.24) is 14.8 Å². The lowest BCUT2D eigenvalue weighted by Crippen LogP contribution is -2.13. The molecule has 0 atom stereocenters. The molecule has 0 aliphatic rings. The average molecular weight is 415 g/mol. The van der Waals surface area contributed by atoms with Crippen molar-refractivity contribution in [2.24, 2.45) is 7.05 Å². The SMILES string of the molecule is Cc1cc(S(=O)(=O)Nc2cc(Cl)ccc2Sc2nncn2C)c(C)s1. The van der Waals surface area contributed by atoms with Crippen LogP contribution in [0, 0.1) is 13.8 Å². The van der Waals surface area contributed by atoms with Crippen molar-refractivity contribution in [2.75, 3.05) is 4.72 Å². The van der Waals surface area contributed by atoms with Crippen molar-refractivity contribution in [2.45, 2.75) is 28.8 Å². The Morgan fingerprint density at radius 1 is 1.28 bits per heavy atom. The fraction of sp³-hybridized carbons (Fsp3) is 0.200. The third kappa shape index (κ3) is 4.00. The van der Waals surface area contributed by atoms with Gasteiger partial charge in [-0.2, -0.15) is 0 Å². The van der Waals surface area contributed by atoms with Crippen molar-refractivity contribution in [3.63, 3.8) is 0 Å². The second-order valence-electron chi connectivity index (χ2n) is 5.35. The lowest BCUT2D eigenvalue weighted by atomic mass is 10.3. The first kappa shape index (κ1) is 18.2. The summed E-state index contributed by atoms with van der Waals surface area (Å²) in [5, 5.41) is 8.93. The van der Waals surface area contributed by atoms with Crippen molar-refractivity contribution in [1.29, 1.82) is 0 Å². The minimum Gasteiger partial charge on any atom is -0.311 e. The zero-order valence-corrected chi connectivity index (χ0v) is 16.9. The van der Waals surface area contributed by atoms with Gasteiger partial charge in [-0.15, -0.1) is 21.5 Å². The molecule has 0 unspecified atom stereocenters.